The van der Waals surface area contributed by atoms with Crippen molar-refractivity contribution in [1.29, 1.82) is 0 Å². The van der Waals surface area contributed by atoms with Crippen molar-refractivity contribution >= 4 is 5.91 Å². The van der Waals surface area contributed by atoms with Gasteiger partial charge in [-0.15, -0.1) is 0 Å². The van der Waals surface area contributed by atoms with Crippen molar-refractivity contribution in [3.8, 4) is 0 Å². The second-order valence-corrected chi connectivity index (χ2v) is 4.81. The van der Waals surface area contributed by atoms with Gasteiger partial charge in [-0.2, -0.15) is 0 Å². The van der Waals surface area contributed by atoms with E-state index in [-0.39, 0.29) is 18.0 Å². The summed E-state index contributed by atoms with van der Waals surface area (Å²) in [5.41, 5.74) is 6.65. The highest BCUT2D eigenvalue weighted by Gasteiger charge is 2.13. The van der Waals surface area contributed by atoms with Crippen LogP contribution in [-0.4, -0.2) is 31.1 Å². The van der Waals surface area contributed by atoms with Gasteiger partial charge in [0.15, 0.2) is 0 Å². The Morgan fingerprint density at radius 1 is 1.47 bits per heavy atom. The summed E-state index contributed by atoms with van der Waals surface area (Å²) in [7, 11) is 0. The van der Waals surface area contributed by atoms with Gasteiger partial charge in [-0.3, -0.25) is 4.79 Å². The lowest BCUT2D eigenvalue weighted by Gasteiger charge is -2.23. The topological polar surface area (TPSA) is 76.4 Å². The summed E-state index contributed by atoms with van der Waals surface area (Å²) in [4.78, 5) is 11.6. The van der Waals surface area contributed by atoms with Crippen molar-refractivity contribution < 1.29 is 9.53 Å². The predicted octanol–water partition coefficient (Wildman–Crippen LogP) is 0.658. The Morgan fingerprint density at radius 3 is 2.89 bits per heavy atom. The smallest absolute Gasteiger partial charge is 0.243 e. The van der Waals surface area contributed by atoms with Crippen LogP contribution in [0.2, 0.25) is 0 Å². The number of hydrogen-bond donors (Lipinski definition) is 3. The first-order valence-electron chi connectivity index (χ1n) is 6.46. The fourth-order valence-corrected chi connectivity index (χ4v) is 1.55. The van der Waals surface area contributed by atoms with Crippen LogP contribution in [-0.2, 0) is 9.53 Å². The van der Waals surface area contributed by atoms with Gasteiger partial charge in [0, 0.05) is 17.8 Å². The van der Waals surface area contributed by atoms with Gasteiger partial charge in [0.2, 0.25) is 5.91 Å². The Hall–Kier alpha value is -1.75. The highest BCUT2D eigenvalue weighted by Crippen LogP contribution is 2.07. The third-order valence-corrected chi connectivity index (χ3v) is 2.83. The van der Waals surface area contributed by atoms with Gasteiger partial charge in [0.05, 0.1) is 18.8 Å². The molecule has 1 aliphatic heterocycles. The lowest BCUT2D eigenvalue weighted by Crippen LogP contribution is -2.38. The van der Waals surface area contributed by atoms with E-state index >= 15 is 0 Å². The van der Waals surface area contributed by atoms with E-state index in [4.69, 9.17) is 10.5 Å². The van der Waals surface area contributed by atoms with Gasteiger partial charge < -0.3 is 21.1 Å². The first-order chi connectivity index (χ1) is 9.00. The quantitative estimate of drug-likeness (QED) is 0.651. The molecular formula is C14H23N3O2. The van der Waals surface area contributed by atoms with E-state index in [2.05, 4.69) is 31.1 Å². The van der Waals surface area contributed by atoms with Crippen LogP contribution >= 0.6 is 0 Å². The van der Waals surface area contributed by atoms with Crippen LogP contribution in [0, 0.1) is 5.92 Å². The molecule has 1 unspecified atom stereocenters. The molecule has 1 aliphatic rings. The number of hydrogen-bond acceptors (Lipinski definition) is 4. The molecule has 19 heavy (non-hydrogen) atoms. The number of carbonyl (C=O) groups is 1. The molecule has 1 heterocycles. The van der Waals surface area contributed by atoms with Gasteiger partial charge in [-0.05, 0) is 12.0 Å². The van der Waals surface area contributed by atoms with E-state index in [0.717, 1.165) is 0 Å². The molecule has 4 N–H and O–H groups in total. The van der Waals surface area contributed by atoms with E-state index in [0.29, 0.717) is 24.8 Å². The van der Waals surface area contributed by atoms with Crippen LogP contribution in [0.1, 0.15) is 13.8 Å². The minimum atomic E-state index is -0.320. The average molecular weight is 265 g/mol. The van der Waals surface area contributed by atoms with Crippen molar-refractivity contribution in [2.24, 2.45) is 11.7 Å². The average Bonchev–Trinajstić information content (AvgIpc) is 2.37. The van der Waals surface area contributed by atoms with Crippen molar-refractivity contribution in [3.05, 3.63) is 36.8 Å². The van der Waals surface area contributed by atoms with Crippen molar-refractivity contribution in [1.82, 2.24) is 10.6 Å². The predicted molar refractivity (Wildman–Crippen MR) is 76.1 cm³/mol. The Balaban J connectivity index is 2.82. The lowest BCUT2D eigenvalue weighted by molar-refractivity contribution is -0.116. The fourth-order valence-electron chi connectivity index (χ4n) is 1.55. The van der Waals surface area contributed by atoms with Gasteiger partial charge in [0.1, 0.15) is 6.61 Å². The number of amides is 1. The molecule has 0 aliphatic carbocycles. The third-order valence-electron chi connectivity index (χ3n) is 2.83. The number of nitrogens with one attached hydrogen (secondary N) is 2. The molecule has 5 heteroatoms. The lowest BCUT2D eigenvalue weighted by atomic mass is 10.0. The summed E-state index contributed by atoms with van der Waals surface area (Å²) in [6.07, 6.45) is 6.64. The minimum Gasteiger partial charge on any atom is -0.500 e. The molecule has 5 nitrogen and oxygen atoms in total. The zero-order valence-corrected chi connectivity index (χ0v) is 11.6. The first kappa shape index (κ1) is 15.3. The normalized spacial score (nSPS) is 29.1. The number of nitrogens with two attached hydrogens (primary N) is 1. The second-order valence-electron chi connectivity index (χ2n) is 4.81. The number of carbonyl (C=O) groups excluding carboxylic acids is 1. The Kier molecular flexibility index (Phi) is 6.15. The largest absolute Gasteiger partial charge is 0.500 e. The molecule has 0 aromatic rings. The van der Waals surface area contributed by atoms with Gasteiger partial charge in [0.25, 0.3) is 0 Å². The van der Waals surface area contributed by atoms with Crippen LogP contribution in [0.25, 0.3) is 0 Å². The molecule has 2 atom stereocenters. The Morgan fingerprint density at radius 2 is 2.21 bits per heavy atom. The summed E-state index contributed by atoms with van der Waals surface area (Å²) < 4.78 is 5.22. The van der Waals surface area contributed by atoms with E-state index in [1.807, 2.05) is 6.08 Å². The van der Waals surface area contributed by atoms with E-state index in [1.165, 1.54) is 6.08 Å². The van der Waals surface area contributed by atoms with Gasteiger partial charge in [-0.1, -0.05) is 26.5 Å². The molecule has 0 radical (unpaired) electrons. The van der Waals surface area contributed by atoms with Crippen LogP contribution < -0.4 is 16.4 Å². The number of ether oxygens (including phenoxy) is 1. The van der Waals surface area contributed by atoms with E-state index in [1.54, 1.807) is 12.3 Å². The maximum atomic E-state index is 11.6. The highest BCUT2D eigenvalue weighted by molar-refractivity contribution is 5.87. The van der Waals surface area contributed by atoms with Crippen molar-refractivity contribution in [2.45, 2.75) is 25.9 Å². The van der Waals surface area contributed by atoms with Crippen LogP contribution in [0.4, 0.5) is 0 Å². The molecule has 106 valence electrons. The molecule has 0 saturated heterocycles. The van der Waals surface area contributed by atoms with Crippen LogP contribution in [0.5, 0.6) is 0 Å². The zero-order chi connectivity index (χ0) is 14.3. The molecule has 0 bridgehead atoms. The molecule has 1 amide bonds. The molecule has 0 fully saturated rings. The summed E-state index contributed by atoms with van der Waals surface area (Å²) >= 11 is 0. The molecule has 0 saturated carbocycles. The molecule has 0 aromatic carbocycles. The summed E-state index contributed by atoms with van der Waals surface area (Å²) in [5.74, 6) is 0.188. The maximum absolute atomic E-state index is 11.6. The van der Waals surface area contributed by atoms with Crippen molar-refractivity contribution in [2.75, 3.05) is 13.2 Å². The van der Waals surface area contributed by atoms with Crippen LogP contribution in [0.3, 0.4) is 0 Å². The highest BCUT2D eigenvalue weighted by atomic mass is 16.5. The minimum absolute atomic E-state index is 0.0133. The Bertz CT molecular complexity index is 375. The van der Waals surface area contributed by atoms with Crippen molar-refractivity contribution in [3.63, 3.8) is 0 Å². The molecule has 1 rings (SSSR count). The summed E-state index contributed by atoms with van der Waals surface area (Å²) in [5, 5.41) is 5.97. The van der Waals surface area contributed by atoms with E-state index in [9.17, 15) is 4.79 Å². The maximum Gasteiger partial charge on any atom is 0.243 e. The second kappa shape index (κ2) is 7.63. The summed E-state index contributed by atoms with van der Waals surface area (Å²) in [6.45, 7) is 8.93. The zero-order valence-electron chi connectivity index (χ0n) is 11.6. The van der Waals surface area contributed by atoms with Gasteiger partial charge in [-0.25, -0.2) is 0 Å². The van der Waals surface area contributed by atoms with Gasteiger partial charge >= 0.3 is 0 Å². The first-order valence-corrected chi connectivity index (χ1v) is 6.46. The van der Waals surface area contributed by atoms with E-state index < -0.39 is 0 Å². The molecule has 0 spiro atoms. The number of rotatable bonds is 1. The summed E-state index contributed by atoms with van der Waals surface area (Å²) in [6, 6.07) is -0.307. The standard InChI is InChI=1S/C14H23N3O2/c1-10(2)13-4-5-14(18)16-7-9-19-8-6-12(15)11(3)17-13/h4-6,8,10,12-13,17H,3,7,9,15H2,1-2H3,(H,16,18)/b5-4+,8-6+/t12-,13?/m0/s1. The Labute approximate surface area is 114 Å². The fraction of sp³-hybridized carbons (Fsp3) is 0.500. The third kappa shape index (κ3) is 5.61. The SMILES string of the molecule is C=C1NC(C(C)C)/C=C/C(=O)NCCO/C=C/[C@@H]1N. The van der Waals surface area contributed by atoms with Crippen LogP contribution in [0.15, 0.2) is 36.8 Å². The monoisotopic (exact) mass is 265 g/mol. The molecule has 0 aromatic heterocycles. The molecular weight excluding hydrogens is 242 g/mol.